The first-order valence-electron chi connectivity index (χ1n) is 7.88. The van der Waals surface area contributed by atoms with Gasteiger partial charge < -0.3 is 10.5 Å². The minimum Gasteiger partial charge on any atom is -0.483 e. The Bertz CT molecular complexity index is 1080. The maximum Gasteiger partial charge on any atom is 0.397 e. The molecule has 15 heteroatoms. The van der Waals surface area contributed by atoms with Crippen molar-refractivity contribution in [1.29, 1.82) is 0 Å². The fourth-order valence-electron chi connectivity index (χ4n) is 2.31. The van der Waals surface area contributed by atoms with Gasteiger partial charge in [-0.2, -0.15) is 16.8 Å². The minimum atomic E-state index is -5.13. The van der Waals surface area contributed by atoms with E-state index in [1.165, 1.54) is 36.4 Å². The molecule has 0 saturated carbocycles. The highest BCUT2D eigenvalue weighted by molar-refractivity contribution is 7.81. The fourth-order valence-corrected chi connectivity index (χ4v) is 3.09. The average Bonchev–Trinajstić information content (AvgIpc) is 2.63. The van der Waals surface area contributed by atoms with Crippen molar-refractivity contribution in [3.05, 3.63) is 64.2 Å². The second-order valence-corrected chi connectivity index (χ2v) is 7.87. The van der Waals surface area contributed by atoms with Gasteiger partial charge in [0.2, 0.25) is 0 Å². The van der Waals surface area contributed by atoms with E-state index in [0.717, 1.165) is 12.1 Å². The minimum absolute atomic E-state index is 0.102. The third kappa shape index (κ3) is 7.54. The second kappa shape index (κ2) is 9.33. The molecule has 13 nitrogen and oxygen atoms in total. The number of nitrogens with zero attached hydrogens (tertiary/aromatic N) is 1. The van der Waals surface area contributed by atoms with Gasteiger partial charge in [-0.1, -0.05) is 0 Å². The lowest BCUT2D eigenvalue weighted by Crippen LogP contribution is -2.34. The summed E-state index contributed by atoms with van der Waals surface area (Å²) in [5.41, 5.74) is 5.78. The van der Waals surface area contributed by atoms with Crippen LogP contribution in [0.15, 0.2) is 48.5 Å². The van der Waals surface area contributed by atoms with Gasteiger partial charge in [-0.05, 0) is 42.0 Å². The van der Waals surface area contributed by atoms with Crippen LogP contribution < -0.4 is 10.5 Å². The molecule has 164 valence electrons. The van der Waals surface area contributed by atoms with Crippen LogP contribution in [0.1, 0.15) is 11.7 Å². The van der Waals surface area contributed by atoms with Gasteiger partial charge in [-0.15, -0.1) is 0 Å². The topological polar surface area (TPSA) is 206 Å². The van der Waals surface area contributed by atoms with Crippen molar-refractivity contribution in [2.24, 2.45) is 0 Å². The quantitative estimate of drug-likeness (QED) is 0.197. The first-order valence-corrected chi connectivity index (χ1v) is 10.6. The molecule has 0 spiro atoms. The van der Waals surface area contributed by atoms with Crippen LogP contribution >= 0.6 is 0 Å². The van der Waals surface area contributed by atoms with Crippen LogP contribution in [-0.4, -0.2) is 43.6 Å². The number of benzene rings is 2. The summed E-state index contributed by atoms with van der Waals surface area (Å²) in [6.45, 7) is -1.09. The summed E-state index contributed by atoms with van der Waals surface area (Å²) >= 11 is 0. The normalized spacial score (nSPS) is 14.1. The standard InChI is InChI=1S/C15H16N2O11S2/c16-11-3-7-13(8-4-11)27-15(10-1-5-12(6-2-10)17(18)19)14(28-30(23,24)25)9-26-29(20,21)22/h1-8,14-15H,9,16H2,(H,20,21,22)(H,23,24,25)/t14-,15+/m0/s1. The lowest BCUT2D eigenvalue weighted by Gasteiger charge is -2.26. The number of non-ortho nitro benzene ring substituents is 1. The maximum atomic E-state index is 11.2. The third-order valence-corrected chi connectivity index (χ3v) is 4.46. The van der Waals surface area contributed by atoms with E-state index in [1.807, 2.05) is 0 Å². The van der Waals surface area contributed by atoms with Crippen LogP contribution in [0, 0.1) is 10.1 Å². The number of nitrogen functional groups attached to an aromatic ring is 1. The van der Waals surface area contributed by atoms with Gasteiger partial charge in [0.05, 0.1) is 4.92 Å². The Kier molecular flexibility index (Phi) is 7.30. The number of anilines is 1. The summed E-state index contributed by atoms with van der Waals surface area (Å²) in [7, 11) is -10.1. The number of nitro groups is 1. The Hall–Kier alpha value is -2.82. The third-order valence-electron chi connectivity index (χ3n) is 3.54. The summed E-state index contributed by atoms with van der Waals surface area (Å²) in [6.07, 6.45) is -3.29. The van der Waals surface area contributed by atoms with Crippen molar-refractivity contribution in [2.45, 2.75) is 12.2 Å². The molecule has 0 aromatic heterocycles. The molecule has 0 aliphatic heterocycles. The largest absolute Gasteiger partial charge is 0.483 e. The van der Waals surface area contributed by atoms with E-state index in [0.29, 0.717) is 5.69 Å². The van der Waals surface area contributed by atoms with Gasteiger partial charge in [-0.25, -0.2) is 8.37 Å². The Balaban J connectivity index is 2.47. The molecule has 0 unspecified atom stereocenters. The molecule has 30 heavy (non-hydrogen) atoms. The van der Waals surface area contributed by atoms with E-state index in [2.05, 4.69) is 8.37 Å². The second-order valence-electron chi connectivity index (χ2n) is 5.73. The van der Waals surface area contributed by atoms with Crippen molar-refractivity contribution in [2.75, 3.05) is 12.3 Å². The van der Waals surface area contributed by atoms with Crippen molar-refractivity contribution in [3.63, 3.8) is 0 Å². The number of hydrogen-bond acceptors (Lipinski definition) is 10. The number of hydrogen-bond donors (Lipinski definition) is 3. The van der Waals surface area contributed by atoms with Crippen molar-refractivity contribution in [3.8, 4) is 5.75 Å². The molecule has 0 amide bonds. The van der Waals surface area contributed by atoms with Crippen LogP contribution in [0.4, 0.5) is 11.4 Å². The van der Waals surface area contributed by atoms with Gasteiger partial charge >= 0.3 is 20.8 Å². The van der Waals surface area contributed by atoms with E-state index >= 15 is 0 Å². The lowest BCUT2D eigenvalue weighted by atomic mass is 10.0. The first kappa shape index (κ1) is 23.5. The van der Waals surface area contributed by atoms with E-state index < -0.39 is 44.5 Å². The summed E-state index contributed by atoms with van der Waals surface area (Å²) in [6, 6.07) is 10.3. The molecule has 0 fully saturated rings. The molecule has 2 rings (SSSR count). The predicted octanol–water partition coefficient (Wildman–Crippen LogP) is 1.30. The van der Waals surface area contributed by atoms with Gasteiger partial charge in [0.1, 0.15) is 18.5 Å². The summed E-state index contributed by atoms with van der Waals surface area (Å²) in [5, 5.41) is 10.9. The molecule has 0 aliphatic carbocycles. The van der Waals surface area contributed by atoms with Gasteiger partial charge in [0, 0.05) is 17.8 Å². The summed E-state index contributed by atoms with van der Waals surface area (Å²) in [4.78, 5) is 10.2. The first-order chi connectivity index (χ1) is 13.8. The van der Waals surface area contributed by atoms with Crippen LogP contribution in [0.25, 0.3) is 0 Å². The molecule has 0 saturated heterocycles. The molecule has 2 aromatic rings. The van der Waals surface area contributed by atoms with E-state index in [4.69, 9.17) is 19.6 Å². The zero-order valence-corrected chi connectivity index (χ0v) is 16.5. The van der Waals surface area contributed by atoms with Crippen LogP contribution in [-0.2, 0) is 29.2 Å². The number of rotatable bonds is 10. The van der Waals surface area contributed by atoms with Crippen LogP contribution in [0.5, 0.6) is 5.75 Å². The zero-order chi connectivity index (χ0) is 22.5. The molecule has 2 aromatic carbocycles. The highest BCUT2D eigenvalue weighted by Gasteiger charge is 2.32. The lowest BCUT2D eigenvalue weighted by molar-refractivity contribution is -0.384. The maximum absolute atomic E-state index is 11.2. The predicted molar refractivity (Wildman–Crippen MR) is 101 cm³/mol. The van der Waals surface area contributed by atoms with Gasteiger partial charge in [0.15, 0.2) is 6.10 Å². The molecule has 4 N–H and O–H groups in total. The summed E-state index contributed by atoms with van der Waals surface area (Å²) in [5.74, 6) is 0.128. The number of nitro benzene ring substituents is 1. The molecule has 0 radical (unpaired) electrons. The molecule has 0 heterocycles. The SMILES string of the molecule is Nc1ccc(O[C@H](c2ccc([N+](=O)[O-])cc2)[C@H](COS(=O)(=O)O)OS(=O)(=O)O)cc1. The van der Waals surface area contributed by atoms with E-state index in [1.54, 1.807) is 0 Å². The Labute approximate surface area is 171 Å². The number of nitrogens with two attached hydrogens (primary N) is 1. The Morgan fingerprint density at radius 3 is 2.00 bits per heavy atom. The zero-order valence-electron chi connectivity index (χ0n) is 14.9. The Morgan fingerprint density at radius 1 is 0.967 bits per heavy atom. The molecular formula is C15H16N2O11S2. The van der Waals surface area contributed by atoms with Crippen molar-refractivity contribution in [1.82, 2.24) is 0 Å². The highest BCUT2D eigenvalue weighted by Crippen LogP contribution is 2.29. The van der Waals surface area contributed by atoms with Crippen molar-refractivity contribution < 1.29 is 44.0 Å². The molecular weight excluding hydrogens is 448 g/mol. The monoisotopic (exact) mass is 464 g/mol. The van der Waals surface area contributed by atoms with E-state index in [9.17, 15) is 26.9 Å². The molecule has 0 bridgehead atoms. The Morgan fingerprint density at radius 2 is 1.53 bits per heavy atom. The highest BCUT2D eigenvalue weighted by atomic mass is 32.3. The van der Waals surface area contributed by atoms with E-state index in [-0.39, 0.29) is 17.0 Å². The smallest absolute Gasteiger partial charge is 0.397 e. The molecule has 0 aliphatic rings. The fraction of sp³-hybridized carbons (Fsp3) is 0.200. The van der Waals surface area contributed by atoms with Gasteiger partial charge in [0.25, 0.3) is 5.69 Å². The van der Waals surface area contributed by atoms with Gasteiger partial charge in [-0.3, -0.25) is 19.2 Å². The number of ether oxygens (including phenoxy) is 1. The molecule has 2 atom stereocenters. The summed E-state index contributed by atoms with van der Waals surface area (Å²) < 4.78 is 76.5. The average molecular weight is 464 g/mol. The van der Waals surface area contributed by atoms with Crippen LogP contribution in [0.2, 0.25) is 0 Å². The van der Waals surface area contributed by atoms with Crippen LogP contribution in [0.3, 0.4) is 0 Å². The van der Waals surface area contributed by atoms with Crippen molar-refractivity contribution >= 4 is 32.2 Å².